The summed E-state index contributed by atoms with van der Waals surface area (Å²) in [5.74, 6) is 6.03. The van der Waals surface area contributed by atoms with E-state index in [1.54, 1.807) is 18.5 Å². The predicted octanol–water partition coefficient (Wildman–Crippen LogP) is 1.18. The van der Waals surface area contributed by atoms with Crippen molar-refractivity contribution in [3.05, 3.63) is 29.6 Å². The van der Waals surface area contributed by atoms with Crippen molar-refractivity contribution in [2.24, 2.45) is 11.7 Å². The maximum atomic E-state index is 12.1. The summed E-state index contributed by atoms with van der Waals surface area (Å²) in [7, 11) is 0. The van der Waals surface area contributed by atoms with Crippen LogP contribution in [0.1, 0.15) is 36.2 Å². The number of aromatic nitrogens is 1. The van der Waals surface area contributed by atoms with Crippen LogP contribution in [0.5, 0.6) is 0 Å². The average Bonchev–Trinajstić information content (AvgIpc) is 2.48. The van der Waals surface area contributed by atoms with E-state index in [0.717, 1.165) is 13.0 Å². The van der Waals surface area contributed by atoms with E-state index in [4.69, 9.17) is 10.5 Å². The molecule has 1 amide bonds. The summed E-state index contributed by atoms with van der Waals surface area (Å²) in [4.78, 5) is 16.0. The van der Waals surface area contributed by atoms with E-state index < -0.39 is 0 Å². The van der Waals surface area contributed by atoms with E-state index in [1.165, 1.54) is 0 Å². The van der Waals surface area contributed by atoms with Gasteiger partial charge in [-0.15, -0.1) is 0 Å². The molecule has 1 rings (SSSR count). The summed E-state index contributed by atoms with van der Waals surface area (Å²) >= 11 is 0. The van der Waals surface area contributed by atoms with Gasteiger partial charge in [-0.2, -0.15) is 0 Å². The number of nitrogens with two attached hydrogens (primary N) is 1. The van der Waals surface area contributed by atoms with Crippen LogP contribution in [0.25, 0.3) is 0 Å². The summed E-state index contributed by atoms with van der Waals surface area (Å²) in [6.07, 6.45) is 4.16. The van der Waals surface area contributed by atoms with Gasteiger partial charge < -0.3 is 15.8 Å². The highest BCUT2D eigenvalue weighted by Gasteiger charge is 2.09. The molecule has 0 atom stereocenters. The Morgan fingerprint density at radius 2 is 2.29 bits per heavy atom. The molecule has 1 aromatic rings. The molecular weight excluding hydrogens is 266 g/mol. The van der Waals surface area contributed by atoms with E-state index in [1.807, 2.05) is 0 Å². The summed E-state index contributed by atoms with van der Waals surface area (Å²) < 4.78 is 5.45. The topological polar surface area (TPSA) is 77.2 Å². The summed E-state index contributed by atoms with van der Waals surface area (Å²) in [5.41, 5.74) is 6.43. The zero-order valence-electron chi connectivity index (χ0n) is 12.7. The molecule has 1 heterocycles. The maximum Gasteiger partial charge on any atom is 0.252 e. The molecule has 0 saturated heterocycles. The van der Waals surface area contributed by atoms with Crippen LogP contribution in [0.4, 0.5) is 0 Å². The molecule has 5 heteroatoms. The Kier molecular flexibility index (Phi) is 8.10. The smallest absolute Gasteiger partial charge is 0.252 e. The van der Waals surface area contributed by atoms with Crippen molar-refractivity contribution in [1.29, 1.82) is 0 Å². The SMILES string of the molecule is CC(C)CCOCCNC(=O)c1ccncc1C#CCN. The number of nitrogens with one attached hydrogen (secondary N) is 1. The quantitative estimate of drug-likeness (QED) is 0.584. The third-order valence-electron chi connectivity index (χ3n) is 2.76. The van der Waals surface area contributed by atoms with Crippen LogP contribution in [0.2, 0.25) is 0 Å². The monoisotopic (exact) mass is 289 g/mol. The van der Waals surface area contributed by atoms with Gasteiger partial charge in [-0.05, 0) is 18.4 Å². The third kappa shape index (κ3) is 6.89. The van der Waals surface area contributed by atoms with Crippen molar-refractivity contribution >= 4 is 5.91 Å². The lowest BCUT2D eigenvalue weighted by atomic mass is 10.1. The molecule has 0 aliphatic rings. The molecular formula is C16H23N3O2. The number of carbonyl (C=O) groups excluding carboxylic acids is 1. The minimum atomic E-state index is -0.175. The molecule has 0 fully saturated rings. The first-order chi connectivity index (χ1) is 10.1. The Bertz CT molecular complexity index is 504. The van der Waals surface area contributed by atoms with E-state index >= 15 is 0 Å². The zero-order chi connectivity index (χ0) is 15.5. The molecule has 0 spiro atoms. The minimum Gasteiger partial charge on any atom is -0.380 e. The van der Waals surface area contributed by atoms with Crippen molar-refractivity contribution < 1.29 is 9.53 Å². The lowest BCUT2D eigenvalue weighted by Crippen LogP contribution is -2.28. The molecule has 21 heavy (non-hydrogen) atoms. The van der Waals surface area contributed by atoms with Crippen LogP contribution in [0.3, 0.4) is 0 Å². The van der Waals surface area contributed by atoms with E-state index in [-0.39, 0.29) is 12.5 Å². The number of ether oxygens (including phenoxy) is 1. The first-order valence-electron chi connectivity index (χ1n) is 7.14. The van der Waals surface area contributed by atoms with Crippen LogP contribution >= 0.6 is 0 Å². The van der Waals surface area contributed by atoms with Gasteiger partial charge in [0.15, 0.2) is 0 Å². The highest BCUT2D eigenvalue weighted by Crippen LogP contribution is 2.05. The lowest BCUT2D eigenvalue weighted by Gasteiger charge is -2.08. The van der Waals surface area contributed by atoms with Crippen molar-refractivity contribution in [2.75, 3.05) is 26.3 Å². The maximum absolute atomic E-state index is 12.1. The molecule has 0 unspecified atom stereocenters. The molecule has 0 saturated carbocycles. The molecule has 0 aromatic carbocycles. The van der Waals surface area contributed by atoms with Gasteiger partial charge in [0.05, 0.1) is 24.3 Å². The van der Waals surface area contributed by atoms with Crippen LogP contribution in [-0.4, -0.2) is 37.2 Å². The number of rotatable bonds is 7. The van der Waals surface area contributed by atoms with Gasteiger partial charge in [0.25, 0.3) is 5.91 Å². The highest BCUT2D eigenvalue weighted by molar-refractivity contribution is 5.96. The molecule has 0 aliphatic carbocycles. The molecule has 1 aromatic heterocycles. The molecule has 0 radical (unpaired) electrons. The van der Waals surface area contributed by atoms with Crippen LogP contribution < -0.4 is 11.1 Å². The van der Waals surface area contributed by atoms with Gasteiger partial charge in [0.2, 0.25) is 0 Å². The molecule has 0 bridgehead atoms. The van der Waals surface area contributed by atoms with E-state index in [0.29, 0.717) is 30.2 Å². The van der Waals surface area contributed by atoms with Gasteiger partial charge in [0, 0.05) is 25.5 Å². The standard InChI is InChI=1S/C16H23N3O2/c1-13(2)6-10-21-11-9-19-16(20)15-5-8-18-12-14(15)4-3-7-17/h5,8,12-13H,6-7,9-11,17H2,1-2H3,(H,19,20). The third-order valence-corrected chi connectivity index (χ3v) is 2.76. The largest absolute Gasteiger partial charge is 0.380 e. The number of pyridine rings is 1. The fourth-order valence-corrected chi connectivity index (χ4v) is 1.59. The molecule has 3 N–H and O–H groups in total. The first-order valence-corrected chi connectivity index (χ1v) is 7.14. The Hall–Kier alpha value is -1.90. The van der Waals surface area contributed by atoms with Gasteiger partial charge in [-0.3, -0.25) is 9.78 Å². The summed E-state index contributed by atoms with van der Waals surface area (Å²) in [6, 6.07) is 1.65. The number of nitrogens with zero attached hydrogens (tertiary/aromatic N) is 1. The van der Waals surface area contributed by atoms with E-state index in [2.05, 4.69) is 36.0 Å². The number of amides is 1. The van der Waals surface area contributed by atoms with Gasteiger partial charge >= 0.3 is 0 Å². The normalized spacial score (nSPS) is 10.1. The zero-order valence-corrected chi connectivity index (χ0v) is 12.7. The predicted molar refractivity (Wildman–Crippen MR) is 82.8 cm³/mol. The van der Waals surface area contributed by atoms with Crippen molar-refractivity contribution in [1.82, 2.24) is 10.3 Å². The second-order valence-electron chi connectivity index (χ2n) is 4.98. The second kappa shape index (κ2) is 9.92. The molecule has 114 valence electrons. The minimum absolute atomic E-state index is 0.175. The van der Waals surface area contributed by atoms with Crippen molar-refractivity contribution in [3.8, 4) is 11.8 Å². The van der Waals surface area contributed by atoms with Crippen molar-refractivity contribution in [3.63, 3.8) is 0 Å². The Balaban J connectivity index is 2.42. The van der Waals surface area contributed by atoms with Gasteiger partial charge in [-0.25, -0.2) is 0 Å². The Morgan fingerprint density at radius 1 is 1.48 bits per heavy atom. The fourth-order valence-electron chi connectivity index (χ4n) is 1.59. The van der Waals surface area contributed by atoms with Gasteiger partial charge in [0.1, 0.15) is 0 Å². The summed E-state index contributed by atoms with van der Waals surface area (Å²) in [5, 5.41) is 2.81. The lowest BCUT2D eigenvalue weighted by molar-refractivity contribution is 0.0905. The average molecular weight is 289 g/mol. The number of hydrogen-bond acceptors (Lipinski definition) is 4. The second-order valence-corrected chi connectivity index (χ2v) is 4.98. The Morgan fingerprint density at radius 3 is 3.00 bits per heavy atom. The molecule has 5 nitrogen and oxygen atoms in total. The van der Waals surface area contributed by atoms with E-state index in [9.17, 15) is 4.79 Å². The van der Waals surface area contributed by atoms with Crippen LogP contribution in [0.15, 0.2) is 18.5 Å². The number of hydrogen-bond donors (Lipinski definition) is 2. The first kappa shape index (κ1) is 17.2. The Labute approximate surface area is 126 Å². The van der Waals surface area contributed by atoms with Crippen LogP contribution in [0, 0.1) is 17.8 Å². The van der Waals surface area contributed by atoms with Crippen molar-refractivity contribution in [2.45, 2.75) is 20.3 Å². The van der Waals surface area contributed by atoms with Crippen LogP contribution in [-0.2, 0) is 4.74 Å². The fraction of sp³-hybridized carbons (Fsp3) is 0.500. The van der Waals surface area contributed by atoms with Gasteiger partial charge in [-0.1, -0.05) is 25.7 Å². The summed E-state index contributed by atoms with van der Waals surface area (Å²) in [6.45, 7) is 6.25. The molecule has 0 aliphatic heterocycles. The number of carbonyl (C=O) groups is 1. The highest BCUT2D eigenvalue weighted by atomic mass is 16.5.